The van der Waals surface area contributed by atoms with E-state index in [0.717, 1.165) is 43.3 Å². The van der Waals surface area contributed by atoms with Crippen LogP contribution in [0.25, 0.3) is 0 Å². The zero-order valence-corrected chi connectivity index (χ0v) is 34.4. The molecule has 1 aliphatic heterocycles. The Bertz CT molecular complexity index is 1880. The zero-order chi connectivity index (χ0) is 42.0. The molecule has 12 heteroatoms. The van der Waals surface area contributed by atoms with Crippen LogP contribution >= 0.6 is 0 Å². The number of fused-ring (bicyclic) bond motifs is 12. The van der Waals surface area contributed by atoms with Gasteiger partial charge in [-0.15, -0.1) is 0 Å². The number of hydrogen-bond donors (Lipinski definition) is 6. The summed E-state index contributed by atoms with van der Waals surface area (Å²) in [6.45, 7) is 8.64. The molecule has 8 aliphatic carbocycles. The lowest BCUT2D eigenvalue weighted by Gasteiger charge is -2.59. The molecule has 7 fully saturated rings. The molecule has 1 unspecified atom stereocenters. The molecule has 0 spiro atoms. The molecule has 0 aromatic rings. The fourth-order valence-corrected chi connectivity index (χ4v) is 15.1. The van der Waals surface area contributed by atoms with Gasteiger partial charge in [-0.3, -0.25) is 19.2 Å². The monoisotopic (exact) mass is 806 g/mol. The normalized spacial score (nSPS) is 50.8. The van der Waals surface area contributed by atoms with Crippen molar-refractivity contribution in [3.05, 3.63) is 47.6 Å². The van der Waals surface area contributed by atoms with Gasteiger partial charge in [-0.25, -0.2) is 0 Å². The van der Waals surface area contributed by atoms with Gasteiger partial charge in [0.2, 0.25) is 0 Å². The SMILES string of the molecule is CCCC1O[C@@H]2C[C@H]3[C@@H]4CCC5=CC(=O)C=C[C@]5(C)[C@H]4[C@@H](O)C[C@]3(C)[C@]2(C(=O)CO)O1.C[C@]12C=CC(=O)C=C1CC[C@@H]1[C@@H]2[C@@H](O)C[C@@]2(C)[C@H]1C[C@@H](O)[C@]2(O)C(=O)CO. The van der Waals surface area contributed by atoms with Crippen molar-refractivity contribution in [3.63, 3.8) is 0 Å². The summed E-state index contributed by atoms with van der Waals surface area (Å²) < 4.78 is 12.7. The lowest BCUT2D eigenvalue weighted by molar-refractivity contribution is -0.200. The number of allylic oxidation sites excluding steroid dienone is 8. The highest BCUT2D eigenvalue weighted by Gasteiger charge is 2.76. The first-order valence-corrected chi connectivity index (χ1v) is 21.6. The van der Waals surface area contributed by atoms with Crippen molar-refractivity contribution < 1.29 is 59.3 Å². The number of aliphatic hydroxyl groups is 6. The smallest absolute Gasteiger partial charge is 0.193 e. The molecule has 0 aromatic carbocycles. The van der Waals surface area contributed by atoms with E-state index in [9.17, 15) is 49.8 Å². The number of carbonyl (C=O) groups excluding carboxylic acids is 4. The lowest BCUT2D eigenvalue weighted by atomic mass is 9.46. The quantitative estimate of drug-likeness (QED) is 0.229. The Morgan fingerprint density at radius 1 is 0.759 bits per heavy atom. The number of rotatable bonds is 6. The molecular formula is C46H62O12. The number of ether oxygens (including phenoxy) is 2. The first kappa shape index (κ1) is 42.0. The Hall–Kier alpha value is -2.68. The molecule has 0 aromatic heterocycles. The van der Waals surface area contributed by atoms with Gasteiger partial charge in [0.15, 0.2) is 40.6 Å². The third-order valence-electron chi connectivity index (χ3n) is 17.7. The van der Waals surface area contributed by atoms with E-state index in [4.69, 9.17) is 9.47 Å². The number of carbonyl (C=O) groups is 4. The molecule has 0 amide bonds. The molecule has 0 bridgehead atoms. The highest BCUT2D eigenvalue weighted by molar-refractivity contribution is 6.01. The van der Waals surface area contributed by atoms with Gasteiger partial charge < -0.3 is 40.1 Å². The van der Waals surface area contributed by atoms with Crippen molar-refractivity contribution in [2.45, 2.75) is 141 Å². The van der Waals surface area contributed by atoms with Crippen molar-refractivity contribution in [2.24, 2.45) is 57.2 Å². The fourth-order valence-electron chi connectivity index (χ4n) is 15.1. The van der Waals surface area contributed by atoms with Crippen molar-refractivity contribution in [2.75, 3.05) is 13.2 Å². The van der Waals surface area contributed by atoms with Crippen LogP contribution in [0.3, 0.4) is 0 Å². The molecule has 12 nitrogen and oxygen atoms in total. The Morgan fingerprint density at radius 2 is 1.26 bits per heavy atom. The number of hydrogen-bond acceptors (Lipinski definition) is 12. The van der Waals surface area contributed by atoms with Gasteiger partial charge in [-0.05, 0) is 106 Å². The van der Waals surface area contributed by atoms with Crippen LogP contribution in [0.4, 0.5) is 0 Å². The molecule has 9 rings (SSSR count). The maximum absolute atomic E-state index is 13.2. The van der Waals surface area contributed by atoms with Crippen LogP contribution in [0.2, 0.25) is 0 Å². The van der Waals surface area contributed by atoms with Crippen LogP contribution in [0.5, 0.6) is 0 Å². The third kappa shape index (κ3) is 5.47. The summed E-state index contributed by atoms with van der Waals surface area (Å²) in [5.41, 5.74) is -3.51. The van der Waals surface area contributed by atoms with Crippen LogP contribution in [-0.4, -0.2) is 109 Å². The molecule has 1 heterocycles. The summed E-state index contributed by atoms with van der Waals surface area (Å²) in [4.78, 5) is 49.4. The predicted octanol–water partition coefficient (Wildman–Crippen LogP) is 3.25. The minimum Gasteiger partial charge on any atom is -0.393 e. The standard InChI is InChI=1S/C25H34O6.C21H28O6/c1-4-5-21-30-20-11-17-16-7-6-14-10-15(27)8-9-23(14,2)22(16)18(28)12-24(17,3)25(20,31-21)19(29)13-26;1-19-6-5-12(23)7-11(19)3-4-13-14-8-16(25)21(27,17(26)10-22)20(14,2)9-15(24)18(13)19/h8-10,16-18,20-22,26,28H,4-7,11-13H2,1-3H3;5-7,13-16,18,22,24-25,27H,3-4,8-10H2,1-2H3/t16-,17-,18-,20+,21?,22+,23-,24-,25+;13-,14-,15-,16+,18+,19-,20-,21-/m00/s1. The van der Waals surface area contributed by atoms with Crippen LogP contribution in [0.1, 0.15) is 98.8 Å². The van der Waals surface area contributed by atoms with E-state index in [2.05, 4.69) is 20.8 Å². The van der Waals surface area contributed by atoms with E-state index in [0.29, 0.717) is 19.3 Å². The van der Waals surface area contributed by atoms with Gasteiger partial charge in [0, 0.05) is 33.5 Å². The average Bonchev–Trinajstić information content (AvgIpc) is 3.74. The Kier molecular flexibility index (Phi) is 10.3. The maximum Gasteiger partial charge on any atom is 0.193 e. The van der Waals surface area contributed by atoms with Gasteiger partial charge in [0.05, 0.1) is 24.4 Å². The fraction of sp³-hybridized carbons (Fsp3) is 0.739. The zero-order valence-electron chi connectivity index (χ0n) is 34.4. The molecule has 0 radical (unpaired) electrons. The number of ketones is 4. The summed E-state index contributed by atoms with van der Waals surface area (Å²) in [7, 11) is 0. The van der Waals surface area contributed by atoms with Crippen LogP contribution in [-0.2, 0) is 28.7 Å². The van der Waals surface area contributed by atoms with Crippen molar-refractivity contribution >= 4 is 23.1 Å². The predicted molar refractivity (Wildman–Crippen MR) is 209 cm³/mol. The molecule has 318 valence electrons. The Labute approximate surface area is 340 Å². The largest absolute Gasteiger partial charge is 0.393 e. The molecule has 6 saturated carbocycles. The minimum absolute atomic E-state index is 0.00826. The van der Waals surface area contributed by atoms with Crippen molar-refractivity contribution in [1.29, 1.82) is 0 Å². The number of Topliss-reactive ketones (excluding diaryl/α,β-unsaturated/α-hetero) is 2. The second-order valence-electron chi connectivity index (χ2n) is 20.0. The van der Waals surface area contributed by atoms with E-state index in [-0.39, 0.29) is 71.1 Å². The van der Waals surface area contributed by atoms with Gasteiger partial charge >= 0.3 is 0 Å². The molecule has 9 aliphatic rings. The molecule has 1 saturated heterocycles. The summed E-state index contributed by atoms with van der Waals surface area (Å²) in [5, 5.41) is 63.7. The minimum atomic E-state index is -2.05. The van der Waals surface area contributed by atoms with Gasteiger partial charge in [0.1, 0.15) is 13.2 Å². The number of aliphatic hydroxyl groups excluding tert-OH is 5. The summed E-state index contributed by atoms with van der Waals surface area (Å²) in [6, 6.07) is 0. The van der Waals surface area contributed by atoms with Gasteiger partial charge in [-0.1, -0.05) is 64.3 Å². The molecule has 58 heavy (non-hydrogen) atoms. The van der Waals surface area contributed by atoms with E-state index < -0.39 is 77.1 Å². The second kappa shape index (κ2) is 14.2. The van der Waals surface area contributed by atoms with Crippen LogP contribution in [0, 0.1) is 57.2 Å². The topological polar surface area (TPSA) is 208 Å². The first-order chi connectivity index (χ1) is 27.3. The molecule has 17 atom stereocenters. The highest BCUT2D eigenvalue weighted by Crippen LogP contribution is 2.70. The first-order valence-electron chi connectivity index (χ1n) is 21.6. The average molecular weight is 807 g/mol. The summed E-state index contributed by atoms with van der Waals surface area (Å²) in [6.07, 6.45) is 13.3. The van der Waals surface area contributed by atoms with E-state index in [1.54, 1.807) is 31.2 Å². The van der Waals surface area contributed by atoms with Crippen LogP contribution < -0.4 is 0 Å². The Morgan fingerprint density at radius 3 is 1.76 bits per heavy atom. The van der Waals surface area contributed by atoms with Crippen molar-refractivity contribution in [3.8, 4) is 0 Å². The highest BCUT2D eigenvalue weighted by atomic mass is 16.7. The van der Waals surface area contributed by atoms with Crippen molar-refractivity contribution in [1.82, 2.24) is 0 Å². The van der Waals surface area contributed by atoms with E-state index in [1.165, 1.54) is 0 Å². The van der Waals surface area contributed by atoms with E-state index >= 15 is 0 Å². The summed E-state index contributed by atoms with van der Waals surface area (Å²) in [5.74, 6) is -1.07. The van der Waals surface area contributed by atoms with Crippen LogP contribution in [0.15, 0.2) is 47.6 Å². The van der Waals surface area contributed by atoms with E-state index in [1.807, 2.05) is 19.1 Å². The Balaban J connectivity index is 0.000000164. The van der Waals surface area contributed by atoms with Gasteiger partial charge in [0.25, 0.3) is 0 Å². The molecular weight excluding hydrogens is 744 g/mol. The summed E-state index contributed by atoms with van der Waals surface area (Å²) >= 11 is 0. The second-order valence-corrected chi connectivity index (χ2v) is 20.0. The lowest BCUT2D eigenvalue weighted by Crippen LogP contribution is -2.63. The maximum atomic E-state index is 13.2. The van der Waals surface area contributed by atoms with Gasteiger partial charge in [-0.2, -0.15) is 0 Å². The molecule has 6 N–H and O–H groups in total. The third-order valence-corrected chi connectivity index (χ3v) is 17.7.